The van der Waals surface area contributed by atoms with Crippen molar-refractivity contribution in [2.24, 2.45) is 0 Å². The Morgan fingerprint density at radius 3 is 2.35 bits per heavy atom. The summed E-state index contributed by atoms with van der Waals surface area (Å²) in [5, 5.41) is 18.1. The number of hydrogen-bond donors (Lipinski definition) is 2. The van der Waals surface area contributed by atoms with E-state index < -0.39 is 17.8 Å². The van der Waals surface area contributed by atoms with Gasteiger partial charge in [0.05, 0.1) is 0 Å². The van der Waals surface area contributed by atoms with E-state index in [0.717, 1.165) is 0 Å². The Labute approximate surface area is 97.6 Å². The van der Waals surface area contributed by atoms with Crippen LogP contribution in [0.3, 0.4) is 0 Å². The van der Waals surface area contributed by atoms with Crippen molar-refractivity contribution in [3.8, 4) is 0 Å². The number of nitrogens with zero attached hydrogens (tertiary/aromatic N) is 3. The van der Waals surface area contributed by atoms with E-state index in [1.807, 2.05) is 0 Å². The molecule has 0 aliphatic carbocycles. The quantitative estimate of drug-likeness (QED) is 0.772. The molecule has 0 aliphatic rings. The Morgan fingerprint density at radius 1 is 1.35 bits per heavy atom. The SMILES string of the molecule is Cc1nn(C(=O)O)nc1NC(=O)OC(C)(C)C. The topological polar surface area (TPSA) is 106 Å². The predicted molar refractivity (Wildman–Crippen MR) is 58.0 cm³/mol. The summed E-state index contributed by atoms with van der Waals surface area (Å²) in [4.78, 5) is 22.5. The highest BCUT2D eigenvalue weighted by Crippen LogP contribution is 2.11. The fraction of sp³-hybridized carbons (Fsp3) is 0.556. The van der Waals surface area contributed by atoms with Gasteiger partial charge in [-0.3, -0.25) is 5.32 Å². The molecule has 1 amide bonds. The summed E-state index contributed by atoms with van der Waals surface area (Å²) in [5.74, 6) is 0.0571. The second-order valence-electron chi connectivity index (χ2n) is 4.33. The lowest BCUT2D eigenvalue weighted by Gasteiger charge is -2.19. The van der Waals surface area contributed by atoms with Crippen LogP contribution in [-0.4, -0.2) is 37.9 Å². The van der Waals surface area contributed by atoms with Gasteiger partial charge in [-0.05, 0) is 27.7 Å². The van der Waals surface area contributed by atoms with Crippen molar-refractivity contribution < 1.29 is 19.4 Å². The van der Waals surface area contributed by atoms with E-state index >= 15 is 0 Å². The molecule has 8 nitrogen and oxygen atoms in total. The smallest absolute Gasteiger partial charge is 0.449 e. The van der Waals surface area contributed by atoms with E-state index in [1.165, 1.54) is 6.92 Å². The second kappa shape index (κ2) is 4.40. The number of amides is 1. The number of carbonyl (C=O) groups is 2. The van der Waals surface area contributed by atoms with Crippen LogP contribution >= 0.6 is 0 Å². The molecule has 0 spiro atoms. The first-order chi connectivity index (χ1) is 7.69. The first kappa shape index (κ1) is 12.9. The first-order valence-corrected chi connectivity index (χ1v) is 4.86. The fourth-order valence-electron chi connectivity index (χ4n) is 0.980. The van der Waals surface area contributed by atoms with E-state index in [-0.39, 0.29) is 5.82 Å². The molecule has 1 aromatic rings. The largest absolute Gasteiger partial charge is 0.462 e. The molecule has 0 unspecified atom stereocenters. The number of rotatable bonds is 1. The van der Waals surface area contributed by atoms with Gasteiger partial charge in [0.15, 0.2) is 5.82 Å². The van der Waals surface area contributed by atoms with Gasteiger partial charge in [-0.25, -0.2) is 9.59 Å². The van der Waals surface area contributed by atoms with Crippen LogP contribution in [0, 0.1) is 6.92 Å². The zero-order valence-corrected chi connectivity index (χ0v) is 10.0. The van der Waals surface area contributed by atoms with Crippen LogP contribution in [-0.2, 0) is 4.74 Å². The minimum atomic E-state index is -1.33. The lowest BCUT2D eigenvalue weighted by Crippen LogP contribution is -2.27. The van der Waals surface area contributed by atoms with Crippen LogP contribution < -0.4 is 5.32 Å². The molecule has 1 aromatic heterocycles. The van der Waals surface area contributed by atoms with Crippen LogP contribution in [0.5, 0.6) is 0 Å². The van der Waals surface area contributed by atoms with Gasteiger partial charge in [0.25, 0.3) is 0 Å². The third-order valence-corrected chi connectivity index (χ3v) is 1.57. The summed E-state index contributed by atoms with van der Waals surface area (Å²) in [5.41, 5.74) is -0.348. The molecule has 0 radical (unpaired) electrons. The number of carboxylic acid groups (broad SMARTS) is 1. The maximum atomic E-state index is 11.4. The van der Waals surface area contributed by atoms with Crippen molar-refractivity contribution >= 4 is 18.0 Å². The van der Waals surface area contributed by atoms with Crippen molar-refractivity contribution in [3.05, 3.63) is 5.69 Å². The predicted octanol–water partition coefficient (Wildman–Crippen LogP) is 1.46. The Kier molecular flexibility index (Phi) is 3.35. The molecule has 94 valence electrons. The summed E-state index contributed by atoms with van der Waals surface area (Å²) in [6.07, 6.45) is -2.04. The molecule has 0 atom stereocenters. The first-order valence-electron chi connectivity index (χ1n) is 4.86. The van der Waals surface area contributed by atoms with E-state index in [1.54, 1.807) is 20.8 Å². The van der Waals surface area contributed by atoms with Crippen molar-refractivity contribution in [1.29, 1.82) is 0 Å². The minimum absolute atomic E-state index is 0.0571. The van der Waals surface area contributed by atoms with Gasteiger partial charge in [-0.15, -0.1) is 10.2 Å². The van der Waals surface area contributed by atoms with E-state index in [4.69, 9.17) is 9.84 Å². The Bertz CT molecular complexity index is 446. The molecular formula is C9H14N4O4. The van der Waals surface area contributed by atoms with Crippen LogP contribution in [0.25, 0.3) is 0 Å². The van der Waals surface area contributed by atoms with Gasteiger partial charge in [0, 0.05) is 0 Å². The average Bonchev–Trinajstić information content (AvgIpc) is 2.44. The molecule has 1 rings (SSSR count). The van der Waals surface area contributed by atoms with Crippen LogP contribution in [0.15, 0.2) is 0 Å². The van der Waals surface area contributed by atoms with Gasteiger partial charge in [-0.2, -0.15) is 0 Å². The molecule has 0 aliphatic heterocycles. The molecule has 0 bridgehead atoms. The number of carbonyl (C=O) groups excluding carboxylic acids is 1. The van der Waals surface area contributed by atoms with Gasteiger partial charge < -0.3 is 9.84 Å². The van der Waals surface area contributed by atoms with Gasteiger partial charge >= 0.3 is 12.2 Å². The van der Waals surface area contributed by atoms with Crippen LogP contribution in [0.4, 0.5) is 15.4 Å². The molecule has 0 saturated carbocycles. The van der Waals surface area contributed by atoms with Gasteiger partial charge in [-0.1, -0.05) is 4.80 Å². The molecule has 17 heavy (non-hydrogen) atoms. The molecule has 0 saturated heterocycles. The zero-order valence-electron chi connectivity index (χ0n) is 10.0. The van der Waals surface area contributed by atoms with Crippen LogP contribution in [0.2, 0.25) is 0 Å². The molecule has 0 aromatic carbocycles. The monoisotopic (exact) mass is 242 g/mol. The standard InChI is InChI=1S/C9H14N4O4/c1-5-6(12-13(11-5)8(15)16)10-7(14)17-9(2,3)4/h1-4H3,(H,15,16)(H,10,12,14). The van der Waals surface area contributed by atoms with Crippen molar-refractivity contribution in [3.63, 3.8) is 0 Å². The molecular weight excluding hydrogens is 228 g/mol. The zero-order chi connectivity index (χ0) is 13.2. The second-order valence-corrected chi connectivity index (χ2v) is 4.33. The summed E-state index contributed by atoms with van der Waals surface area (Å²) in [6.45, 7) is 6.67. The lowest BCUT2D eigenvalue weighted by atomic mass is 10.2. The molecule has 8 heteroatoms. The van der Waals surface area contributed by atoms with Crippen molar-refractivity contribution in [2.75, 3.05) is 5.32 Å². The fourth-order valence-corrected chi connectivity index (χ4v) is 0.980. The highest BCUT2D eigenvalue weighted by molar-refractivity contribution is 5.84. The highest BCUT2D eigenvalue weighted by atomic mass is 16.6. The van der Waals surface area contributed by atoms with E-state index in [9.17, 15) is 9.59 Å². The maximum Gasteiger partial charge on any atom is 0.449 e. The Morgan fingerprint density at radius 2 is 1.94 bits per heavy atom. The molecule has 0 fully saturated rings. The van der Waals surface area contributed by atoms with Crippen LogP contribution in [0.1, 0.15) is 26.5 Å². The number of aromatic nitrogens is 3. The third kappa shape index (κ3) is 3.74. The van der Waals surface area contributed by atoms with Crippen molar-refractivity contribution in [1.82, 2.24) is 15.0 Å². The van der Waals surface area contributed by atoms with E-state index in [2.05, 4.69) is 15.5 Å². The number of anilines is 1. The number of aryl methyl sites for hydroxylation is 1. The van der Waals surface area contributed by atoms with Gasteiger partial charge in [0.1, 0.15) is 11.3 Å². The highest BCUT2D eigenvalue weighted by Gasteiger charge is 2.19. The summed E-state index contributed by atoms with van der Waals surface area (Å²) < 4.78 is 4.99. The van der Waals surface area contributed by atoms with Crippen molar-refractivity contribution in [2.45, 2.75) is 33.3 Å². The maximum absolute atomic E-state index is 11.4. The Balaban J connectivity index is 2.75. The molecule has 1 heterocycles. The molecule has 2 N–H and O–H groups in total. The summed E-state index contributed by atoms with van der Waals surface area (Å²) in [6, 6.07) is 0. The Hall–Kier alpha value is -2.12. The number of nitrogens with one attached hydrogen (secondary N) is 1. The van der Waals surface area contributed by atoms with E-state index in [0.29, 0.717) is 10.5 Å². The third-order valence-electron chi connectivity index (χ3n) is 1.57. The normalized spacial score (nSPS) is 11.1. The van der Waals surface area contributed by atoms with Gasteiger partial charge in [0.2, 0.25) is 0 Å². The lowest BCUT2D eigenvalue weighted by molar-refractivity contribution is 0.0635. The summed E-state index contributed by atoms with van der Waals surface area (Å²) >= 11 is 0. The summed E-state index contributed by atoms with van der Waals surface area (Å²) in [7, 11) is 0. The number of hydrogen-bond acceptors (Lipinski definition) is 5. The minimum Gasteiger partial charge on any atom is -0.462 e. The number of ether oxygens (including phenoxy) is 1. The average molecular weight is 242 g/mol.